The van der Waals surface area contributed by atoms with Crippen LogP contribution in [0.15, 0.2) is 12.1 Å². The molecule has 0 saturated heterocycles. The lowest BCUT2D eigenvalue weighted by Crippen LogP contribution is -2.12. The number of hydrogen-bond acceptors (Lipinski definition) is 4. The highest BCUT2D eigenvalue weighted by Gasteiger charge is 2.33. The van der Waals surface area contributed by atoms with Crippen molar-refractivity contribution in [3.05, 3.63) is 23.4 Å². The molecule has 1 aromatic rings. The first-order chi connectivity index (χ1) is 8.99. The largest absolute Gasteiger partial charge is 0.433 e. The topological polar surface area (TPSA) is 68.9 Å². The molecule has 1 heterocycles. The fraction of sp³-hybridized carbons (Fsp3) is 0.500. The molecular formula is C12H14F3N3O. The highest BCUT2D eigenvalue weighted by molar-refractivity contribution is 5.52. The van der Waals surface area contributed by atoms with Crippen molar-refractivity contribution in [3.8, 4) is 6.07 Å². The van der Waals surface area contributed by atoms with Gasteiger partial charge in [0.25, 0.3) is 0 Å². The first-order valence-corrected chi connectivity index (χ1v) is 5.82. The van der Waals surface area contributed by atoms with Crippen LogP contribution >= 0.6 is 0 Å². The molecule has 19 heavy (non-hydrogen) atoms. The summed E-state index contributed by atoms with van der Waals surface area (Å²) >= 11 is 0. The van der Waals surface area contributed by atoms with E-state index in [1.165, 1.54) is 0 Å². The molecule has 0 aliphatic heterocycles. The molecule has 1 rings (SSSR count). The molecule has 0 aliphatic rings. The molecule has 0 amide bonds. The van der Waals surface area contributed by atoms with E-state index in [1.807, 2.05) is 0 Å². The maximum atomic E-state index is 12.5. The lowest BCUT2D eigenvalue weighted by Gasteiger charge is -2.10. The number of alkyl halides is 3. The van der Waals surface area contributed by atoms with E-state index in [2.05, 4.69) is 10.3 Å². The maximum Gasteiger partial charge on any atom is 0.433 e. The number of unbranched alkanes of at least 4 members (excludes halogenated alkanes) is 2. The van der Waals surface area contributed by atoms with Gasteiger partial charge in [-0.1, -0.05) is 0 Å². The van der Waals surface area contributed by atoms with Gasteiger partial charge in [0.05, 0.1) is 5.56 Å². The van der Waals surface area contributed by atoms with E-state index >= 15 is 0 Å². The Morgan fingerprint density at radius 1 is 1.26 bits per heavy atom. The van der Waals surface area contributed by atoms with Crippen molar-refractivity contribution in [3.63, 3.8) is 0 Å². The van der Waals surface area contributed by atoms with Gasteiger partial charge < -0.3 is 10.4 Å². The van der Waals surface area contributed by atoms with Crippen molar-refractivity contribution < 1.29 is 18.3 Å². The summed E-state index contributed by atoms with van der Waals surface area (Å²) in [5.41, 5.74) is -0.945. The molecule has 104 valence electrons. The molecule has 1 aromatic heterocycles. The second-order valence-corrected chi connectivity index (χ2v) is 3.91. The first-order valence-electron chi connectivity index (χ1n) is 5.82. The zero-order valence-corrected chi connectivity index (χ0v) is 10.2. The van der Waals surface area contributed by atoms with Crippen molar-refractivity contribution in [2.75, 3.05) is 18.5 Å². The smallest absolute Gasteiger partial charge is 0.396 e. The van der Waals surface area contributed by atoms with Crippen molar-refractivity contribution in [2.45, 2.75) is 25.4 Å². The molecule has 0 unspecified atom stereocenters. The number of halogens is 3. The standard InChI is InChI=1S/C12H14F3N3O/c13-12(14,15)10-5-4-9(8-16)11(18-10)17-6-2-1-3-7-19/h4-5,19H,1-3,6-7H2,(H,17,18). The number of aliphatic hydroxyl groups excluding tert-OH is 1. The predicted octanol–water partition coefficient (Wildman–Crippen LogP) is 2.55. The average Bonchev–Trinajstić information content (AvgIpc) is 2.37. The summed E-state index contributed by atoms with van der Waals surface area (Å²) in [7, 11) is 0. The zero-order chi connectivity index (χ0) is 14.3. The fourth-order valence-electron chi connectivity index (χ4n) is 1.46. The van der Waals surface area contributed by atoms with Crippen molar-refractivity contribution >= 4 is 5.82 Å². The van der Waals surface area contributed by atoms with Crippen LogP contribution in [-0.2, 0) is 6.18 Å². The van der Waals surface area contributed by atoms with E-state index in [9.17, 15) is 13.2 Å². The molecule has 0 bridgehead atoms. The van der Waals surface area contributed by atoms with Crippen molar-refractivity contribution in [1.29, 1.82) is 5.26 Å². The van der Waals surface area contributed by atoms with Crippen LogP contribution in [0.4, 0.5) is 19.0 Å². The van der Waals surface area contributed by atoms with Crippen molar-refractivity contribution in [2.24, 2.45) is 0 Å². The number of rotatable bonds is 6. The minimum Gasteiger partial charge on any atom is -0.396 e. The lowest BCUT2D eigenvalue weighted by molar-refractivity contribution is -0.141. The van der Waals surface area contributed by atoms with E-state index in [0.717, 1.165) is 18.6 Å². The van der Waals surface area contributed by atoms with Crippen LogP contribution in [-0.4, -0.2) is 23.2 Å². The van der Waals surface area contributed by atoms with Crippen LogP contribution in [0.5, 0.6) is 0 Å². The van der Waals surface area contributed by atoms with E-state index < -0.39 is 11.9 Å². The number of nitrogens with one attached hydrogen (secondary N) is 1. The summed E-state index contributed by atoms with van der Waals surface area (Å²) in [4.78, 5) is 3.42. The molecule has 0 fully saturated rings. The summed E-state index contributed by atoms with van der Waals surface area (Å²) in [6, 6.07) is 3.68. The zero-order valence-electron chi connectivity index (χ0n) is 10.2. The third-order valence-corrected chi connectivity index (χ3v) is 2.43. The Morgan fingerprint density at radius 2 is 2.00 bits per heavy atom. The second-order valence-electron chi connectivity index (χ2n) is 3.91. The molecule has 4 nitrogen and oxygen atoms in total. The number of nitrogens with zero attached hydrogens (tertiary/aromatic N) is 2. The lowest BCUT2D eigenvalue weighted by atomic mass is 10.2. The number of anilines is 1. The molecule has 0 saturated carbocycles. The first kappa shape index (κ1) is 15.2. The van der Waals surface area contributed by atoms with E-state index in [1.54, 1.807) is 6.07 Å². The van der Waals surface area contributed by atoms with Gasteiger partial charge >= 0.3 is 6.18 Å². The highest BCUT2D eigenvalue weighted by Crippen LogP contribution is 2.29. The number of nitriles is 1. The molecule has 0 aromatic carbocycles. The minimum atomic E-state index is -4.53. The molecule has 7 heteroatoms. The van der Waals surface area contributed by atoms with E-state index in [-0.39, 0.29) is 18.0 Å². The summed E-state index contributed by atoms with van der Waals surface area (Å²) in [6.45, 7) is 0.494. The molecule has 2 N–H and O–H groups in total. The quantitative estimate of drug-likeness (QED) is 0.781. The van der Waals surface area contributed by atoms with Gasteiger partial charge in [-0.15, -0.1) is 0 Å². The second kappa shape index (κ2) is 6.95. The van der Waals surface area contributed by atoms with Crippen LogP contribution in [0.3, 0.4) is 0 Å². The third-order valence-electron chi connectivity index (χ3n) is 2.43. The number of aromatic nitrogens is 1. The van der Waals surface area contributed by atoms with Crippen LogP contribution in [0, 0.1) is 11.3 Å². The van der Waals surface area contributed by atoms with Crippen LogP contribution in [0.2, 0.25) is 0 Å². The van der Waals surface area contributed by atoms with Gasteiger partial charge in [0.2, 0.25) is 0 Å². The van der Waals surface area contributed by atoms with Crippen molar-refractivity contribution in [1.82, 2.24) is 4.98 Å². The van der Waals surface area contributed by atoms with Gasteiger partial charge in [-0.05, 0) is 31.4 Å². The molecule has 0 aliphatic carbocycles. The SMILES string of the molecule is N#Cc1ccc(C(F)(F)F)nc1NCCCCCO. The van der Waals surface area contributed by atoms with Crippen LogP contribution in [0.1, 0.15) is 30.5 Å². The Hall–Kier alpha value is -1.81. The summed E-state index contributed by atoms with van der Waals surface area (Å²) in [5, 5.41) is 20.1. The van der Waals surface area contributed by atoms with Gasteiger partial charge in [-0.2, -0.15) is 18.4 Å². The normalized spacial score (nSPS) is 11.1. The summed E-state index contributed by atoms with van der Waals surface area (Å²) < 4.78 is 37.5. The summed E-state index contributed by atoms with van der Waals surface area (Å²) in [5.74, 6) is -0.0543. The van der Waals surface area contributed by atoms with Gasteiger partial charge in [-0.25, -0.2) is 4.98 Å². The number of pyridine rings is 1. The third kappa shape index (κ3) is 4.75. The summed E-state index contributed by atoms with van der Waals surface area (Å²) in [6.07, 6.45) is -2.45. The predicted molar refractivity (Wildman–Crippen MR) is 63.4 cm³/mol. The Morgan fingerprint density at radius 3 is 2.58 bits per heavy atom. The van der Waals surface area contributed by atoms with Gasteiger partial charge in [-0.3, -0.25) is 0 Å². The Kier molecular flexibility index (Phi) is 5.57. The molecule has 0 spiro atoms. The number of aliphatic hydroxyl groups is 1. The van der Waals surface area contributed by atoms with Gasteiger partial charge in [0.15, 0.2) is 0 Å². The monoisotopic (exact) mass is 273 g/mol. The van der Waals surface area contributed by atoms with E-state index in [4.69, 9.17) is 10.4 Å². The van der Waals surface area contributed by atoms with Gasteiger partial charge in [0, 0.05) is 13.2 Å². The van der Waals surface area contributed by atoms with E-state index in [0.29, 0.717) is 19.4 Å². The Balaban J connectivity index is 2.72. The van der Waals surface area contributed by atoms with Crippen LogP contribution in [0.25, 0.3) is 0 Å². The number of hydrogen-bond donors (Lipinski definition) is 2. The molecule has 0 atom stereocenters. The highest BCUT2D eigenvalue weighted by atomic mass is 19.4. The maximum absolute atomic E-state index is 12.5. The Bertz CT molecular complexity index is 455. The Labute approximate surface area is 108 Å². The fourth-order valence-corrected chi connectivity index (χ4v) is 1.46. The molecular weight excluding hydrogens is 259 g/mol. The van der Waals surface area contributed by atoms with Gasteiger partial charge in [0.1, 0.15) is 17.6 Å². The average molecular weight is 273 g/mol. The van der Waals surface area contributed by atoms with Crippen LogP contribution < -0.4 is 5.32 Å². The molecule has 0 radical (unpaired) electrons. The minimum absolute atomic E-state index is 0.0543.